The standard InChI is InChI=1S/C11H21N3O/c1-5-9(4)12-7-6-10-13-11(8(2)3)14-15-10/h8-9,12H,5-7H2,1-4H3. The lowest BCUT2D eigenvalue weighted by molar-refractivity contribution is 0.366. The minimum Gasteiger partial charge on any atom is -0.339 e. The number of hydrogen-bond donors (Lipinski definition) is 1. The van der Waals surface area contributed by atoms with E-state index in [4.69, 9.17) is 4.52 Å². The molecule has 0 spiro atoms. The van der Waals surface area contributed by atoms with Gasteiger partial charge in [-0.15, -0.1) is 0 Å². The van der Waals surface area contributed by atoms with Gasteiger partial charge in [0.05, 0.1) is 0 Å². The second kappa shape index (κ2) is 5.85. The molecule has 1 unspecified atom stereocenters. The Morgan fingerprint density at radius 1 is 1.33 bits per heavy atom. The van der Waals surface area contributed by atoms with Gasteiger partial charge in [-0.25, -0.2) is 0 Å². The van der Waals surface area contributed by atoms with E-state index in [0.717, 1.165) is 31.1 Å². The van der Waals surface area contributed by atoms with Gasteiger partial charge >= 0.3 is 0 Å². The topological polar surface area (TPSA) is 51.0 Å². The Bertz CT molecular complexity index is 283. The fraction of sp³-hybridized carbons (Fsp3) is 0.818. The molecule has 1 aromatic rings. The van der Waals surface area contributed by atoms with Gasteiger partial charge < -0.3 is 9.84 Å². The van der Waals surface area contributed by atoms with Gasteiger partial charge in [-0.05, 0) is 13.3 Å². The van der Waals surface area contributed by atoms with E-state index in [1.807, 2.05) is 0 Å². The van der Waals surface area contributed by atoms with E-state index in [-0.39, 0.29) is 0 Å². The zero-order valence-corrected chi connectivity index (χ0v) is 10.1. The maximum absolute atomic E-state index is 5.14. The molecule has 0 fully saturated rings. The Morgan fingerprint density at radius 2 is 2.07 bits per heavy atom. The van der Waals surface area contributed by atoms with Gasteiger partial charge in [0.2, 0.25) is 5.89 Å². The molecule has 1 N–H and O–H groups in total. The first-order chi connectivity index (χ1) is 7.13. The Kier molecular flexibility index (Phi) is 4.75. The van der Waals surface area contributed by atoms with Gasteiger partial charge in [0.25, 0.3) is 0 Å². The first-order valence-electron chi connectivity index (χ1n) is 5.69. The van der Waals surface area contributed by atoms with E-state index in [2.05, 4.69) is 43.2 Å². The minimum absolute atomic E-state index is 0.338. The predicted octanol–water partition coefficient (Wildman–Crippen LogP) is 2.12. The van der Waals surface area contributed by atoms with Gasteiger partial charge in [0.15, 0.2) is 5.82 Å². The van der Waals surface area contributed by atoms with Crippen LogP contribution in [0.2, 0.25) is 0 Å². The van der Waals surface area contributed by atoms with E-state index in [0.29, 0.717) is 12.0 Å². The van der Waals surface area contributed by atoms with Crippen molar-refractivity contribution in [1.29, 1.82) is 0 Å². The van der Waals surface area contributed by atoms with E-state index in [9.17, 15) is 0 Å². The average Bonchev–Trinajstić information content (AvgIpc) is 2.66. The summed E-state index contributed by atoms with van der Waals surface area (Å²) in [6.07, 6.45) is 1.95. The molecule has 0 saturated heterocycles. The molecule has 86 valence electrons. The first kappa shape index (κ1) is 12.2. The summed E-state index contributed by atoms with van der Waals surface area (Å²) in [5.41, 5.74) is 0. The number of nitrogens with one attached hydrogen (secondary N) is 1. The third-order valence-electron chi connectivity index (χ3n) is 2.44. The van der Waals surface area contributed by atoms with Crippen LogP contribution in [-0.2, 0) is 6.42 Å². The fourth-order valence-electron chi connectivity index (χ4n) is 1.17. The van der Waals surface area contributed by atoms with Gasteiger partial charge in [-0.1, -0.05) is 25.9 Å². The van der Waals surface area contributed by atoms with Gasteiger partial charge in [0, 0.05) is 24.9 Å². The summed E-state index contributed by atoms with van der Waals surface area (Å²) in [7, 11) is 0. The van der Waals surface area contributed by atoms with Crippen molar-refractivity contribution in [2.45, 2.75) is 52.5 Å². The molecule has 0 bridgehead atoms. The van der Waals surface area contributed by atoms with Crippen LogP contribution in [0.5, 0.6) is 0 Å². The summed E-state index contributed by atoms with van der Waals surface area (Å²) < 4.78 is 5.14. The average molecular weight is 211 g/mol. The lowest BCUT2D eigenvalue weighted by atomic mass is 10.2. The smallest absolute Gasteiger partial charge is 0.227 e. The molecule has 1 atom stereocenters. The fourth-order valence-corrected chi connectivity index (χ4v) is 1.17. The number of nitrogens with zero attached hydrogens (tertiary/aromatic N) is 2. The highest BCUT2D eigenvalue weighted by Crippen LogP contribution is 2.09. The van der Waals surface area contributed by atoms with Crippen molar-refractivity contribution in [2.75, 3.05) is 6.54 Å². The van der Waals surface area contributed by atoms with Crippen LogP contribution in [0.15, 0.2) is 4.52 Å². The van der Waals surface area contributed by atoms with Crippen molar-refractivity contribution in [2.24, 2.45) is 0 Å². The molecule has 1 heterocycles. The second-order valence-electron chi connectivity index (χ2n) is 4.21. The monoisotopic (exact) mass is 211 g/mol. The Balaban J connectivity index is 2.31. The summed E-state index contributed by atoms with van der Waals surface area (Å²) in [6, 6.07) is 0.553. The van der Waals surface area contributed by atoms with Crippen LogP contribution in [0.1, 0.15) is 51.7 Å². The highest BCUT2D eigenvalue weighted by Gasteiger charge is 2.09. The Morgan fingerprint density at radius 3 is 2.60 bits per heavy atom. The number of aromatic nitrogens is 2. The molecular weight excluding hydrogens is 190 g/mol. The van der Waals surface area contributed by atoms with Crippen LogP contribution in [0.4, 0.5) is 0 Å². The summed E-state index contributed by atoms with van der Waals surface area (Å²) >= 11 is 0. The molecule has 0 aromatic carbocycles. The van der Waals surface area contributed by atoms with Crippen LogP contribution in [0.3, 0.4) is 0 Å². The summed E-state index contributed by atoms with van der Waals surface area (Å²) in [4.78, 5) is 4.31. The second-order valence-corrected chi connectivity index (χ2v) is 4.21. The highest BCUT2D eigenvalue weighted by atomic mass is 16.5. The molecule has 4 nitrogen and oxygen atoms in total. The summed E-state index contributed by atoms with van der Waals surface area (Å²) in [6.45, 7) is 9.36. The Hall–Kier alpha value is -0.900. The SMILES string of the molecule is CCC(C)NCCc1nc(C(C)C)no1. The van der Waals surface area contributed by atoms with Crippen LogP contribution < -0.4 is 5.32 Å². The molecular formula is C11H21N3O. The molecule has 1 rings (SSSR count). The van der Waals surface area contributed by atoms with Crippen LogP contribution in [-0.4, -0.2) is 22.7 Å². The van der Waals surface area contributed by atoms with Crippen molar-refractivity contribution in [1.82, 2.24) is 15.5 Å². The summed E-state index contributed by atoms with van der Waals surface area (Å²) in [5, 5.41) is 7.31. The molecule has 0 aliphatic carbocycles. The molecule has 1 aromatic heterocycles. The van der Waals surface area contributed by atoms with Crippen molar-refractivity contribution < 1.29 is 4.52 Å². The number of rotatable bonds is 6. The number of hydrogen-bond acceptors (Lipinski definition) is 4. The van der Waals surface area contributed by atoms with Crippen molar-refractivity contribution in [3.05, 3.63) is 11.7 Å². The largest absolute Gasteiger partial charge is 0.339 e. The van der Waals surface area contributed by atoms with Crippen molar-refractivity contribution >= 4 is 0 Å². The first-order valence-corrected chi connectivity index (χ1v) is 5.69. The maximum atomic E-state index is 5.14. The van der Waals surface area contributed by atoms with Crippen molar-refractivity contribution in [3.63, 3.8) is 0 Å². The highest BCUT2D eigenvalue weighted by molar-refractivity contribution is 4.91. The quantitative estimate of drug-likeness (QED) is 0.783. The van der Waals surface area contributed by atoms with E-state index >= 15 is 0 Å². The zero-order valence-electron chi connectivity index (χ0n) is 10.1. The van der Waals surface area contributed by atoms with E-state index in [1.165, 1.54) is 0 Å². The normalized spacial score (nSPS) is 13.4. The molecule has 15 heavy (non-hydrogen) atoms. The van der Waals surface area contributed by atoms with Crippen LogP contribution in [0.25, 0.3) is 0 Å². The minimum atomic E-state index is 0.338. The lowest BCUT2D eigenvalue weighted by Crippen LogP contribution is -2.27. The van der Waals surface area contributed by atoms with Gasteiger partial charge in [-0.2, -0.15) is 4.98 Å². The molecule has 0 aliphatic rings. The molecule has 0 radical (unpaired) electrons. The van der Waals surface area contributed by atoms with E-state index in [1.54, 1.807) is 0 Å². The summed E-state index contributed by atoms with van der Waals surface area (Å²) in [5.74, 6) is 1.87. The van der Waals surface area contributed by atoms with Gasteiger partial charge in [-0.3, -0.25) is 0 Å². The Labute approximate surface area is 91.5 Å². The lowest BCUT2D eigenvalue weighted by Gasteiger charge is -2.08. The molecule has 0 aliphatic heterocycles. The third kappa shape index (κ3) is 4.00. The van der Waals surface area contributed by atoms with Crippen molar-refractivity contribution in [3.8, 4) is 0 Å². The molecule has 0 saturated carbocycles. The van der Waals surface area contributed by atoms with E-state index < -0.39 is 0 Å². The molecule has 0 amide bonds. The van der Waals surface area contributed by atoms with Crippen LogP contribution in [0, 0.1) is 0 Å². The van der Waals surface area contributed by atoms with Crippen LogP contribution >= 0.6 is 0 Å². The predicted molar refractivity (Wildman–Crippen MR) is 59.8 cm³/mol. The zero-order chi connectivity index (χ0) is 11.3. The van der Waals surface area contributed by atoms with Gasteiger partial charge in [0.1, 0.15) is 0 Å². The molecule has 4 heteroatoms. The maximum Gasteiger partial charge on any atom is 0.227 e. The third-order valence-corrected chi connectivity index (χ3v) is 2.44.